The second-order valence-electron chi connectivity index (χ2n) is 8.60. The van der Waals surface area contributed by atoms with Crippen LogP contribution in [0.25, 0.3) is 0 Å². The summed E-state index contributed by atoms with van der Waals surface area (Å²) in [6.45, 7) is 9.65. The van der Waals surface area contributed by atoms with Gasteiger partial charge in [0, 0.05) is 15.8 Å². The fraction of sp³-hybridized carbons (Fsp3) is 0.481. The number of fused-ring (bicyclic) bond motifs is 1. The first kappa shape index (κ1) is 27.3. The Morgan fingerprint density at radius 2 is 1.37 bits per heavy atom. The largest absolute Gasteiger partial charge is 0.492 e. The van der Waals surface area contributed by atoms with Crippen molar-refractivity contribution in [2.45, 2.75) is 86.2 Å². The van der Waals surface area contributed by atoms with E-state index in [4.69, 9.17) is 26.0 Å². The van der Waals surface area contributed by atoms with E-state index in [0.29, 0.717) is 46.8 Å². The molecule has 0 saturated heterocycles. The second kappa shape index (κ2) is 13.1. The van der Waals surface area contributed by atoms with Gasteiger partial charge in [-0.15, -0.1) is 11.8 Å². The summed E-state index contributed by atoms with van der Waals surface area (Å²) in [7, 11) is 0. The fourth-order valence-electron chi connectivity index (χ4n) is 4.03. The molecule has 5 N–H and O–H groups in total. The van der Waals surface area contributed by atoms with Gasteiger partial charge < -0.3 is 20.5 Å². The van der Waals surface area contributed by atoms with Crippen LogP contribution in [0.15, 0.2) is 39.0 Å². The highest BCUT2D eigenvalue weighted by Crippen LogP contribution is 2.54. The Kier molecular flexibility index (Phi) is 10.2. The number of thioether (sulfide) groups is 1. The molecule has 0 atom stereocenters. The minimum absolute atomic E-state index is 0.176. The molecule has 0 radical (unpaired) electrons. The monoisotopic (exact) mass is 514 g/mol. The van der Waals surface area contributed by atoms with Crippen LogP contribution in [0, 0.1) is 10.8 Å². The lowest BCUT2D eigenvalue weighted by molar-refractivity contribution is 0.294. The Morgan fingerprint density at radius 1 is 0.829 bits per heavy atom. The van der Waals surface area contributed by atoms with Gasteiger partial charge in [0.05, 0.1) is 34.1 Å². The van der Waals surface area contributed by atoms with Crippen molar-refractivity contribution in [2.75, 3.05) is 18.9 Å². The lowest BCUT2D eigenvalue weighted by Crippen LogP contribution is -2.20. The molecule has 1 aliphatic rings. The lowest BCUT2D eigenvalue weighted by atomic mass is 10.1. The number of para-hydroxylation sites is 1. The number of nitrogens with one attached hydrogen (secondary N) is 3. The average molecular weight is 515 g/mol. The summed E-state index contributed by atoms with van der Waals surface area (Å²) >= 11 is 3.39. The third kappa shape index (κ3) is 6.28. The van der Waals surface area contributed by atoms with E-state index in [1.807, 2.05) is 36.0 Å². The summed E-state index contributed by atoms with van der Waals surface area (Å²) in [6.07, 6.45) is 6.09. The highest BCUT2D eigenvalue weighted by atomic mass is 32.2. The molecule has 0 aromatic heterocycles. The van der Waals surface area contributed by atoms with Crippen molar-refractivity contribution in [1.82, 2.24) is 5.32 Å². The third-order valence-electron chi connectivity index (χ3n) is 5.61. The van der Waals surface area contributed by atoms with Crippen LogP contribution in [-0.2, 0) is 0 Å². The number of nitrogens with two attached hydrogens (primary N) is 1. The molecule has 35 heavy (non-hydrogen) atoms. The van der Waals surface area contributed by atoms with Crippen LogP contribution in [0.5, 0.6) is 11.5 Å². The van der Waals surface area contributed by atoms with Gasteiger partial charge in [0.25, 0.3) is 0 Å². The SMILES string of the molecule is CCCOc1c(Sc2ccccc2N)c(SC(CCC)CCC)c(OCCC)c2c1C(=N)NC2=N. The summed E-state index contributed by atoms with van der Waals surface area (Å²) < 4.78 is 12.7. The van der Waals surface area contributed by atoms with Gasteiger partial charge in [-0.05, 0) is 37.8 Å². The first-order chi connectivity index (χ1) is 17.0. The minimum Gasteiger partial charge on any atom is -0.492 e. The number of benzene rings is 2. The molecule has 0 fully saturated rings. The topological polar surface area (TPSA) is 104 Å². The maximum Gasteiger partial charge on any atom is 0.146 e. The van der Waals surface area contributed by atoms with Gasteiger partial charge >= 0.3 is 0 Å². The van der Waals surface area contributed by atoms with E-state index in [9.17, 15) is 0 Å². The van der Waals surface area contributed by atoms with Gasteiger partial charge in [-0.25, -0.2) is 0 Å². The van der Waals surface area contributed by atoms with Gasteiger partial charge in [-0.3, -0.25) is 10.8 Å². The predicted octanol–water partition coefficient (Wildman–Crippen LogP) is 7.31. The van der Waals surface area contributed by atoms with E-state index in [2.05, 4.69) is 33.0 Å². The quantitative estimate of drug-likeness (QED) is 0.156. The van der Waals surface area contributed by atoms with E-state index >= 15 is 0 Å². The molecule has 0 spiro atoms. The lowest BCUT2D eigenvalue weighted by Gasteiger charge is -2.25. The summed E-state index contributed by atoms with van der Waals surface area (Å²) in [6, 6.07) is 7.83. The molecule has 0 saturated carbocycles. The molecule has 2 aromatic rings. The van der Waals surface area contributed by atoms with E-state index < -0.39 is 0 Å². The van der Waals surface area contributed by atoms with Crippen LogP contribution in [0.2, 0.25) is 0 Å². The van der Waals surface area contributed by atoms with Crippen molar-refractivity contribution in [3.8, 4) is 11.5 Å². The number of nitrogen functional groups attached to an aromatic ring is 1. The molecule has 0 unspecified atom stereocenters. The number of hydrogen-bond acceptors (Lipinski definition) is 7. The Balaban J connectivity index is 2.32. The Bertz CT molecular complexity index is 1050. The number of anilines is 1. The molecule has 1 aliphatic heterocycles. The zero-order valence-corrected chi connectivity index (χ0v) is 22.9. The molecule has 3 rings (SSSR count). The molecular weight excluding hydrogens is 476 g/mol. The third-order valence-corrected chi connectivity index (χ3v) is 8.36. The zero-order valence-electron chi connectivity index (χ0n) is 21.3. The van der Waals surface area contributed by atoms with Gasteiger partial charge in [0.1, 0.15) is 23.2 Å². The van der Waals surface area contributed by atoms with E-state index in [1.165, 1.54) is 0 Å². The van der Waals surface area contributed by atoms with Gasteiger partial charge in [-0.2, -0.15) is 0 Å². The maximum absolute atomic E-state index is 8.65. The molecule has 1 heterocycles. The van der Waals surface area contributed by atoms with Crippen molar-refractivity contribution in [1.29, 1.82) is 10.8 Å². The molecule has 8 heteroatoms. The first-order valence-electron chi connectivity index (χ1n) is 12.6. The van der Waals surface area contributed by atoms with Crippen LogP contribution in [0.3, 0.4) is 0 Å². The van der Waals surface area contributed by atoms with Gasteiger partial charge in [0.2, 0.25) is 0 Å². The van der Waals surface area contributed by atoms with E-state index in [0.717, 1.165) is 53.2 Å². The number of rotatable bonds is 14. The summed E-state index contributed by atoms with van der Waals surface area (Å²) in [5, 5.41) is 20.6. The van der Waals surface area contributed by atoms with Gasteiger partial charge in [0.15, 0.2) is 0 Å². The van der Waals surface area contributed by atoms with Crippen molar-refractivity contribution in [3.05, 3.63) is 35.4 Å². The fourth-order valence-corrected chi connectivity index (χ4v) is 6.80. The smallest absolute Gasteiger partial charge is 0.146 e. The van der Waals surface area contributed by atoms with Crippen LogP contribution in [0.1, 0.15) is 77.3 Å². The molecule has 0 amide bonds. The van der Waals surface area contributed by atoms with Crippen molar-refractivity contribution < 1.29 is 9.47 Å². The standard InChI is InChI=1S/C27H38N4O2S2/c1-5-11-17(12-6-2)34-24-22(32-15-7-3)20-21(27(30)31-26(20)29)23(33-16-8-4)25(24)35-19-14-10-9-13-18(19)28/h9-10,13-14,17H,5-8,11-12,15-16,28H2,1-4H3,(H3,29,30,31). The molecule has 0 bridgehead atoms. The average Bonchev–Trinajstić information content (AvgIpc) is 3.13. The predicted molar refractivity (Wildman–Crippen MR) is 149 cm³/mol. The number of amidine groups is 2. The van der Waals surface area contributed by atoms with Crippen LogP contribution < -0.4 is 20.5 Å². The Hall–Kier alpha value is -2.32. The summed E-state index contributed by atoms with van der Waals surface area (Å²) in [4.78, 5) is 2.85. The van der Waals surface area contributed by atoms with Crippen molar-refractivity contribution in [3.63, 3.8) is 0 Å². The molecule has 2 aromatic carbocycles. The molecule has 0 aliphatic carbocycles. The summed E-state index contributed by atoms with van der Waals surface area (Å²) in [5.74, 6) is 1.70. The number of ether oxygens (including phenoxy) is 2. The minimum atomic E-state index is 0.176. The number of hydrogen-bond donors (Lipinski definition) is 4. The normalized spacial score (nSPS) is 12.7. The van der Waals surface area contributed by atoms with Gasteiger partial charge in [-0.1, -0.05) is 64.4 Å². The highest BCUT2D eigenvalue weighted by Gasteiger charge is 2.36. The second-order valence-corrected chi connectivity index (χ2v) is 11.0. The zero-order chi connectivity index (χ0) is 25.4. The Labute approximate surface area is 218 Å². The van der Waals surface area contributed by atoms with Crippen LogP contribution in [-0.4, -0.2) is 30.1 Å². The van der Waals surface area contributed by atoms with E-state index in [1.54, 1.807) is 11.8 Å². The van der Waals surface area contributed by atoms with E-state index in [-0.39, 0.29) is 11.7 Å². The molecule has 190 valence electrons. The van der Waals surface area contributed by atoms with Crippen LogP contribution >= 0.6 is 23.5 Å². The van der Waals surface area contributed by atoms with Crippen LogP contribution in [0.4, 0.5) is 5.69 Å². The molecular formula is C27H38N4O2S2. The highest BCUT2D eigenvalue weighted by molar-refractivity contribution is 8.02. The Morgan fingerprint density at radius 3 is 1.89 bits per heavy atom. The molecule has 6 nitrogen and oxygen atoms in total. The first-order valence-corrected chi connectivity index (χ1v) is 14.3. The van der Waals surface area contributed by atoms with Crippen molar-refractivity contribution in [2.24, 2.45) is 0 Å². The van der Waals surface area contributed by atoms with Crippen molar-refractivity contribution >= 4 is 40.9 Å². The summed E-state index contributed by atoms with van der Waals surface area (Å²) in [5.41, 5.74) is 8.30. The maximum atomic E-state index is 8.65.